The van der Waals surface area contributed by atoms with Gasteiger partial charge in [-0.25, -0.2) is 0 Å². The molecule has 0 unspecified atom stereocenters. The lowest BCUT2D eigenvalue weighted by molar-refractivity contribution is -0.168. The molecule has 0 aromatic heterocycles. The van der Waals surface area contributed by atoms with E-state index in [1.54, 1.807) is 27.7 Å². The van der Waals surface area contributed by atoms with Crippen LogP contribution < -0.4 is 0 Å². The number of esters is 1. The lowest BCUT2D eigenvalue weighted by atomic mass is 9.81. The average molecular weight is 302 g/mol. The van der Waals surface area contributed by atoms with E-state index in [0.29, 0.717) is 6.42 Å². The van der Waals surface area contributed by atoms with Gasteiger partial charge in [0.25, 0.3) is 0 Å². The molecule has 0 spiro atoms. The third-order valence-corrected chi connectivity index (χ3v) is 3.67. The van der Waals surface area contributed by atoms with Gasteiger partial charge < -0.3 is 4.74 Å². The quantitative estimate of drug-likeness (QED) is 0.597. The molecule has 0 saturated heterocycles. The zero-order chi connectivity index (χ0) is 17.0. The summed E-state index contributed by atoms with van der Waals surface area (Å²) in [5.41, 5.74) is 0.365. The molecule has 3 heteroatoms. The minimum Gasteiger partial charge on any atom is -0.459 e. The molecule has 1 aromatic rings. The van der Waals surface area contributed by atoms with Crippen molar-refractivity contribution in [1.82, 2.24) is 0 Å². The summed E-state index contributed by atoms with van der Waals surface area (Å²) in [7, 11) is 0. The van der Waals surface area contributed by atoms with E-state index in [0.717, 1.165) is 11.1 Å². The maximum Gasteiger partial charge on any atom is 0.320 e. The van der Waals surface area contributed by atoms with E-state index in [9.17, 15) is 9.59 Å². The van der Waals surface area contributed by atoms with E-state index in [-0.39, 0.29) is 5.78 Å². The second-order valence-corrected chi connectivity index (χ2v) is 6.85. The van der Waals surface area contributed by atoms with E-state index < -0.39 is 17.0 Å². The number of allylic oxidation sites excluding steroid dienone is 2. The zero-order valence-corrected chi connectivity index (χ0v) is 14.4. The van der Waals surface area contributed by atoms with E-state index in [1.807, 2.05) is 43.3 Å². The lowest BCUT2D eigenvalue weighted by Crippen LogP contribution is -2.40. The Morgan fingerprint density at radius 2 is 1.59 bits per heavy atom. The Balaban J connectivity index is 2.97. The fourth-order valence-electron chi connectivity index (χ4n) is 1.94. The minimum absolute atomic E-state index is 0.182. The molecule has 0 aliphatic heterocycles. The van der Waals surface area contributed by atoms with Gasteiger partial charge in [-0.2, -0.15) is 0 Å². The first-order valence-corrected chi connectivity index (χ1v) is 7.53. The van der Waals surface area contributed by atoms with Crippen molar-refractivity contribution in [3.05, 3.63) is 42.0 Å². The van der Waals surface area contributed by atoms with Crippen LogP contribution in [0.5, 0.6) is 0 Å². The summed E-state index contributed by atoms with van der Waals surface area (Å²) in [5.74, 6) is -0.650. The van der Waals surface area contributed by atoms with Crippen molar-refractivity contribution in [3.8, 4) is 0 Å². The van der Waals surface area contributed by atoms with Crippen LogP contribution in [0.4, 0.5) is 0 Å². The van der Waals surface area contributed by atoms with Gasteiger partial charge >= 0.3 is 5.97 Å². The number of carbonyl (C=O) groups excluding carboxylic acids is 2. The predicted molar refractivity (Wildman–Crippen MR) is 89.3 cm³/mol. The second-order valence-electron chi connectivity index (χ2n) is 6.85. The average Bonchev–Trinajstić information content (AvgIpc) is 2.43. The monoisotopic (exact) mass is 302 g/mol. The van der Waals surface area contributed by atoms with Crippen molar-refractivity contribution in [1.29, 1.82) is 0 Å². The Bertz CT molecular complexity index is 564. The number of rotatable bonds is 5. The topological polar surface area (TPSA) is 43.4 Å². The largest absolute Gasteiger partial charge is 0.459 e. The van der Waals surface area contributed by atoms with E-state index >= 15 is 0 Å². The third-order valence-electron chi connectivity index (χ3n) is 3.67. The van der Waals surface area contributed by atoms with Crippen molar-refractivity contribution >= 4 is 17.3 Å². The number of Topliss-reactive ketones (excluding diaryl/α,β-unsaturated/α-hetero) is 1. The Labute approximate surface area is 133 Å². The van der Waals surface area contributed by atoms with Crippen molar-refractivity contribution in [2.75, 3.05) is 0 Å². The summed E-state index contributed by atoms with van der Waals surface area (Å²) in [6.45, 7) is 10.5. The molecule has 1 aromatic carbocycles. The van der Waals surface area contributed by atoms with Crippen LogP contribution in [0, 0.1) is 5.41 Å². The van der Waals surface area contributed by atoms with Gasteiger partial charge in [-0.3, -0.25) is 9.59 Å². The van der Waals surface area contributed by atoms with Gasteiger partial charge in [-0.15, -0.1) is 0 Å². The van der Waals surface area contributed by atoms with E-state index in [1.165, 1.54) is 6.92 Å². The molecular formula is C19H26O3. The number of hydrogen-bond acceptors (Lipinski definition) is 3. The molecule has 0 fully saturated rings. The highest BCUT2D eigenvalue weighted by Gasteiger charge is 2.40. The zero-order valence-electron chi connectivity index (χ0n) is 14.4. The van der Waals surface area contributed by atoms with Gasteiger partial charge in [0, 0.05) is 0 Å². The highest BCUT2D eigenvalue weighted by atomic mass is 16.6. The SMILES string of the molecule is CC(=O)[C@](C)(C/C=C(\C)c1ccccc1)C(=O)OC(C)(C)C. The van der Waals surface area contributed by atoms with Crippen LogP contribution in [0.25, 0.3) is 5.57 Å². The number of ether oxygens (including phenoxy) is 1. The molecule has 0 heterocycles. The van der Waals surface area contributed by atoms with Gasteiger partial charge in [-0.05, 0) is 59.1 Å². The lowest BCUT2D eigenvalue weighted by Gasteiger charge is -2.29. The van der Waals surface area contributed by atoms with Crippen molar-refractivity contribution in [2.45, 2.75) is 53.6 Å². The second kappa shape index (κ2) is 6.91. The van der Waals surface area contributed by atoms with Crippen LogP contribution in [-0.2, 0) is 14.3 Å². The van der Waals surface area contributed by atoms with Gasteiger partial charge in [0.05, 0.1) is 0 Å². The summed E-state index contributed by atoms with van der Waals surface area (Å²) in [5, 5.41) is 0. The first-order chi connectivity index (χ1) is 10.1. The van der Waals surface area contributed by atoms with Gasteiger partial charge in [0.2, 0.25) is 0 Å². The molecule has 1 rings (SSSR count). The molecule has 3 nitrogen and oxygen atoms in total. The van der Waals surface area contributed by atoms with Crippen molar-refractivity contribution in [2.24, 2.45) is 5.41 Å². The van der Waals surface area contributed by atoms with Crippen molar-refractivity contribution in [3.63, 3.8) is 0 Å². The molecule has 0 radical (unpaired) electrons. The molecule has 0 bridgehead atoms. The molecule has 0 saturated carbocycles. The summed E-state index contributed by atoms with van der Waals surface area (Å²) in [4.78, 5) is 24.4. The standard InChI is InChI=1S/C19H26O3/c1-14(16-10-8-7-9-11-16)12-13-19(6,15(2)20)17(21)22-18(3,4)5/h7-12H,13H2,1-6H3/b14-12+/t19-/m0/s1. The van der Waals surface area contributed by atoms with E-state index in [2.05, 4.69) is 0 Å². The number of hydrogen-bond donors (Lipinski definition) is 0. The van der Waals surface area contributed by atoms with Crippen molar-refractivity contribution < 1.29 is 14.3 Å². The maximum absolute atomic E-state index is 12.4. The molecule has 0 N–H and O–H groups in total. The third kappa shape index (κ3) is 4.83. The van der Waals surface area contributed by atoms with Crippen LogP contribution in [0.3, 0.4) is 0 Å². The van der Waals surface area contributed by atoms with E-state index in [4.69, 9.17) is 4.74 Å². The highest BCUT2D eigenvalue weighted by Crippen LogP contribution is 2.29. The molecule has 0 amide bonds. The molecular weight excluding hydrogens is 276 g/mol. The van der Waals surface area contributed by atoms with Gasteiger partial charge in [-0.1, -0.05) is 36.4 Å². The Kier molecular flexibility index (Phi) is 5.70. The Morgan fingerprint density at radius 3 is 2.05 bits per heavy atom. The molecule has 0 aliphatic rings. The van der Waals surface area contributed by atoms with Gasteiger partial charge in [0.1, 0.15) is 16.8 Å². The molecule has 22 heavy (non-hydrogen) atoms. The van der Waals surface area contributed by atoms with Crippen LogP contribution in [0.15, 0.2) is 36.4 Å². The fourth-order valence-corrected chi connectivity index (χ4v) is 1.94. The number of ketones is 1. The summed E-state index contributed by atoms with van der Waals surface area (Å²) < 4.78 is 5.41. The first-order valence-electron chi connectivity index (χ1n) is 7.53. The maximum atomic E-state index is 12.4. The van der Waals surface area contributed by atoms with Crippen LogP contribution in [0.1, 0.15) is 53.5 Å². The minimum atomic E-state index is -1.15. The number of carbonyl (C=O) groups is 2. The van der Waals surface area contributed by atoms with Gasteiger partial charge in [0.15, 0.2) is 0 Å². The smallest absolute Gasteiger partial charge is 0.320 e. The van der Waals surface area contributed by atoms with Crippen LogP contribution in [-0.4, -0.2) is 17.4 Å². The molecule has 1 atom stereocenters. The Hall–Kier alpha value is -1.90. The van der Waals surface area contributed by atoms with Crippen LogP contribution >= 0.6 is 0 Å². The summed E-state index contributed by atoms with van der Waals surface area (Å²) in [6, 6.07) is 9.89. The highest BCUT2D eigenvalue weighted by molar-refractivity contribution is 6.02. The first kappa shape index (κ1) is 18.1. The predicted octanol–water partition coefficient (Wildman–Crippen LogP) is 4.42. The normalized spacial score (nSPS) is 15.1. The molecule has 0 aliphatic carbocycles. The summed E-state index contributed by atoms with van der Waals surface area (Å²) in [6.07, 6.45) is 2.26. The molecule has 120 valence electrons. The van der Waals surface area contributed by atoms with Crippen LogP contribution in [0.2, 0.25) is 0 Å². The number of benzene rings is 1. The summed E-state index contributed by atoms with van der Waals surface area (Å²) >= 11 is 0. The fraction of sp³-hybridized carbons (Fsp3) is 0.474. The Morgan fingerprint density at radius 1 is 1.05 bits per heavy atom.